The highest BCUT2D eigenvalue weighted by atomic mass is 32.2. The van der Waals surface area contributed by atoms with Gasteiger partial charge in [-0.05, 0) is 62.4 Å². The molecule has 4 aromatic rings. The number of carbonyl (C=O) groups is 1. The molecule has 2 aromatic carbocycles. The van der Waals surface area contributed by atoms with Gasteiger partial charge in [0.15, 0.2) is 0 Å². The minimum Gasteiger partial charge on any atom is -0.497 e. The number of hydrazone groups is 1. The molecule has 2 atom stereocenters. The number of aromatic nitrogens is 1. The molecule has 3 heterocycles. The van der Waals surface area contributed by atoms with Gasteiger partial charge in [0.2, 0.25) is 15.2 Å². The molecule has 0 N–H and O–H groups in total. The van der Waals surface area contributed by atoms with E-state index in [1.807, 2.05) is 13.8 Å². The lowest BCUT2D eigenvalue weighted by Gasteiger charge is -2.34. The number of morpholine rings is 1. The van der Waals surface area contributed by atoms with E-state index in [-0.39, 0.29) is 45.9 Å². The summed E-state index contributed by atoms with van der Waals surface area (Å²) in [5.41, 5.74) is 0.805. The first-order valence-corrected chi connectivity index (χ1v) is 15.5. The Bertz CT molecular complexity index is 1720. The Morgan fingerprint density at radius 1 is 1.15 bits per heavy atom. The van der Waals surface area contributed by atoms with Crippen LogP contribution in [0, 0.1) is 10.1 Å². The van der Waals surface area contributed by atoms with Crippen molar-refractivity contribution in [2.45, 2.75) is 31.0 Å². The molecule has 15 heteroatoms. The molecular formula is C26H25N5O7S3. The summed E-state index contributed by atoms with van der Waals surface area (Å²) in [5, 5.41) is 16.7. The van der Waals surface area contributed by atoms with E-state index >= 15 is 0 Å². The van der Waals surface area contributed by atoms with E-state index in [0.717, 1.165) is 21.0 Å². The summed E-state index contributed by atoms with van der Waals surface area (Å²) in [6, 6.07) is 13.8. The monoisotopic (exact) mass is 615 g/mol. The highest BCUT2D eigenvalue weighted by Gasteiger charge is 2.32. The summed E-state index contributed by atoms with van der Waals surface area (Å²) >= 11 is 2.12. The van der Waals surface area contributed by atoms with E-state index in [0.29, 0.717) is 16.1 Å². The van der Waals surface area contributed by atoms with Crippen molar-refractivity contribution in [2.24, 2.45) is 5.10 Å². The third-order valence-electron chi connectivity index (χ3n) is 6.18. The van der Waals surface area contributed by atoms with Gasteiger partial charge in [-0.3, -0.25) is 14.9 Å². The van der Waals surface area contributed by atoms with Crippen molar-refractivity contribution in [1.29, 1.82) is 0 Å². The second-order valence-corrected chi connectivity index (χ2v) is 13.3. The summed E-state index contributed by atoms with van der Waals surface area (Å²) in [7, 11) is -2.25. The van der Waals surface area contributed by atoms with Crippen LogP contribution in [0.25, 0.3) is 10.2 Å². The van der Waals surface area contributed by atoms with Crippen molar-refractivity contribution in [3.05, 3.63) is 75.2 Å². The van der Waals surface area contributed by atoms with Gasteiger partial charge in [-0.1, -0.05) is 22.7 Å². The van der Waals surface area contributed by atoms with Gasteiger partial charge in [0, 0.05) is 24.7 Å². The van der Waals surface area contributed by atoms with Crippen molar-refractivity contribution in [1.82, 2.24) is 9.29 Å². The van der Waals surface area contributed by atoms with E-state index in [1.165, 1.54) is 58.3 Å². The van der Waals surface area contributed by atoms with Crippen LogP contribution in [-0.2, 0) is 14.8 Å². The summed E-state index contributed by atoms with van der Waals surface area (Å²) in [5.74, 6) is 0.0664. The first-order chi connectivity index (χ1) is 19.5. The first-order valence-electron chi connectivity index (χ1n) is 12.4. The van der Waals surface area contributed by atoms with Crippen molar-refractivity contribution < 1.29 is 27.6 Å². The van der Waals surface area contributed by atoms with E-state index in [9.17, 15) is 23.3 Å². The molecular weight excluding hydrogens is 591 g/mol. The second kappa shape index (κ2) is 11.6. The van der Waals surface area contributed by atoms with Gasteiger partial charge in [-0.2, -0.15) is 14.4 Å². The molecule has 1 amide bonds. The third kappa shape index (κ3) is 6.13. The van der Waals surface area contributed by atoms with Crippen molar-refractivity contribution in [3.63, 3.8) is 0 Å². The molecule has 1 aliphatic heterocycles. The maximum absolute atomic E-state index is 13.7. The molecule has 12 nitrogen and oxygen atoms in total. The fourth-order valence-corrected chi connectivity index (χ4v) is 7.52. The number of benzene rings is 2. The number of hydrogen-bond acceptors (Lipinski definition) is 11. The van der Waals surface area contributed by atoms with Crippen LogP contribution in [0.4, 0.5) is 10.1 Å². The number of sulfonamides is 1. The first kappa shape index (κ1) is 28.8. The van der Waals surface area contributed by atoms with Gasteiger partial charge < -0.3 is 9.47 Å². The largest absolute Gasteiger partial charge is 0.497 e. The van der Waals surface area contributed by atoms with Gasteiger partial charge in [-0.15, -0.1) is 0 Å². The van der Waals surface area contributed by atoms with Crippen molar-refractivity contribution >= 4 is 65.2 Å². The van der Waals surface area contributed by atoms with Crippen LogP contribution >= 0.6 is 22.7 Å². The van der Waals surface area contributed by atoms with E-state index < -0.39 is 20.9 Å². The number of fused-ring (bicyclic) bond motifs is 1. The molecule has 2 aromatic heterocycles. The van der Waals surface area contributed by atoms with Crippen LogP contribution in [0.5, 0.6) is 5.75 Å². The van der Waals surface area contributed by atoms with Crippen LogP contribution in [0.1, 0.15) is 29.1 Å². The average molecular weight is 616 g/mol. The maximum Gasteiger partial charge on any atom is 0.324 e. The summed E-state index contributed by atoms with van der Waals surface area (Å²) in [6.45, 7) is 4.11. The second-order valence-electron chi connectivity index (χ2n) is 9.23. The lowest BCUT2D eigenvalue weighted by molar-refractivity contribution is -0.380. The van der Waals surface area contributed by atoms with Crippen LogP contribution in [-0.4, -0.2) is 67.2 Å². The van der Waals surface area contributed by atoms with Gasteiger partial charge in [0.05, 0.1) is 50.4 Å². The van der Waals surface area contributed by atoms with Crippen molar-refractivity contribution in [2.75, 3.05) is 25.2 Å². The standard InChI is InChI=1S/C26H25N5O7S3/c1-16-14-29(15-17(2)38-16)41(35,36)21-8-4-18(5-9-21)25(32)30(27-13-20-7-11-24(39-20)31(33)34)26-28-22-10-6-19(37-3)12-23(22)40-26/h4-13,16-17H,14-15H2,1-3H3/b27-13+. The minimum atomic E-state index is -3.79. The molecule has 41 heavy (non-hydrogen) atoms. The molecule has 1 saturated heterocycles. The van der Waals surface area contributed by atoms with Crippen LogP contribution in [0.3, 0.4) is 0 Å². The van der Waals surface area contributed by atoms with E-state index in [4.69, 9.17) is 9.47 Å². The van der Waals surface area contributed by atoms with Gasteiger partial charge in [0.25, 0.3) is 5.91 Å². The number of ether oxygens (including phenoxy) is 2. The lowest BCUT2D eigenvalue weighted by atomic mass is 10.2. The average Bonchev–Trinajstić information content (AvgIpc) is 3.59. The molecule has 0 radical (unpaired) electrons. The fraction of sp³-hybridized carbons (Fsp3) is 0.269. The lowest BCUT2D eigenvalue weighted by Crippen LogP contribution is -2.48. The van der Waals surface area contributed by atoms with E-state index in [2.05, 4.69) is 10.1 Å². The number of rotatable bonds is 8. The van der Waals surface area contributed by atoms with Crippen LogP contribution in [0.15, 0.2) is 64.6 Å². The molecule has 5 rings (SSSR count). The number of hydrogen-bond donors (Lipinski definition) is 0. The summed E-state index contributed by atoms with van der Waals surface area (Å²) < 4.78 is 39.6. The number of nitro groups is 1. The molecule has 1 fully saturated rings. The molecule has 2 unspecified atom stereocenters. The highest BCUT2D eigenvalue weighted by Crippen LogP contribution is 2.33. The maximum atomic E-state index is 13.7. The summed E-state index contributed by atoms with van der Waals surface area (Å²) in [6.07, 6.45) is 0.876. The zero-order chi connectivity index (χ0) is 29.3. The van der Waals surface area contributed by atoms with Gasteiger partial charge >= 0.3 is 5.00 Å². The zero-order valence-corrected chi connectivity index (χ0v) is 24.6. The Morgan fingerprint density at radius 2 is 1.85 bits per heavy atom. The topological polar surface area (TPSA) is 145 Å². The predicted molar refractivity (Wildman–Crippen MR) is 157 cm³/mol. The van der Waals surface area contributed by atoms with Gasteiger partial charge in [-0.25, -0.2) is 13.4 Å². The SMILES string of the molecule is COc1ccc2nc(N(/N=C/c3ccc([N+](=O)[O-])s3)C(=O)c3ccc(S(=O)(=O)N4CC(C)OC(C)C4)cc3)sc2c1. The number of thiophene rings is 1. The summed E-state index contributed by atoms with van der Waals surface area (Å²) in [4.78, 5) is 29.4. The third-order valence-corrected chi connectivity index (χ3v) is 9.99. The Kier molecular flexibility index (Phi) is 8.15. The Morgan fingerprint density at radius 3 is 2.49 bits per heavy atom. The van der Waals surface area contributed by atoms with Gasteiger partial charge in [0.1, 0.15) is 5.75 Å². The highest BCUT2D eigenvalue weighted by molar-refractivity contribution is 7.89. The normalized spacial score (nSPS) is 18.1. The number of thiazole rings is 1. The van der Waals surface area contributed by atoms with Crippen LogP contribution < -0.4 is 9.75 Å². The molecule has 0 spiro atoms. The minimum absolute atomic E-state index is 0.0581. The zero-order valence-electron chi connectivity index (χ0n) is 22.2. The Balaban J connectivity index is 1.47. The fourth-order valence-electron chi connectivity index (χ4n) is 4.29. The number of anilines is 1. The smallest absolute Gasteiger partial charge is 0.324 e. The van der Waals surface area contributed by atoms with E-state index in [1.54, 1.807) is 25.3 Å². The molecule has 214 valence electrons. The molecule has 1 aliphatic rings. The van der Waals surface area contributed by atoms with Crippen LogP contribution in [0.2, 0.25) is 0 Å². The number of carbonyl (C=O) groups excluding carboxylic acids is 1. The molecule has 0 aliphatic carbocycles. The number of amides is 1. The number of methoxy groups -OCH3 is 1. The Labute approximate surface area is 243 Å². The predicted octanol–water partition coefficient (Wildman–Crippen LogP) is 4.75. The molecule has 0 bridgehead atoms. The quantitative estimate of drug-likeness (QED) is 0.157. The Hall–Kier alpha value is -3.76. The molecule has 0 saturated carbocycles. The number of nitrogens with zero attached hydrogens (tertiary/aromatic N) is 5. The van der Waals surface area contributed by atoms with Crippen molar-refractivity contribution in [3.8, 4) is 5.75 Å².